The van der Waals surface area contributed by atoms with E-state index in [9.17, 15) is 4.79 Å². The van der Waals surface area contributed by atoms with Gasteiger partial charge in [0.15, 0.2) is 0 Å². The molecule has 5 heteroatoms. The lowest BCUT2D eigenvalue weighted by Crippen LogP contribution is -2.35. The third-order valence-corrected chi connectivity index (χ3v) is 2.15. The molecule has 1 aromatic heterocycles. The molecular weight excluding hydrogens is 194 g/mol. The van der Waals surface area contributed by atoms with Crippen LogP contribution in [0.2, 0.25) is 0 Å². The lowest BCUT2D eigenvalue weighted by atomic mass is 10.2. The van der Waals surface area contributed by atoms with Gasteiger partial charge in [0, 0.05) is 5.56 Å². The first-order valence-corrected chi connectivity index (χ1v) is 4.66. The smallest absolute Gasteiger partial charge is 0.243 e. The Balaban J connectivity index is 2.66. The normalized spacial score (nSPS) is 12.2. The molecular formula is C10H15N3O2. The number of aryl methyl sites for hydroxylation is 1. The van der Waals surface area contributed by atoms with Crippen LogP contribution in [0.4, 0.5) is 5.88 Å². The van der Waals surface area contributed by atoms with Gasteiger partial charge in [-0.2, -0.15) is 0 Å². The predicted octanol–water partition coefficient (Wildman–Crippen LogP) is 1.13. The quantitative estimate of drug-likeness (QED) is 0.728. The van der Waals surface area contributed by atoms with Gasteiger partial charge in [-0.3, -0.25) is 10.1 Å². The summed E-state index contributed by atoms with van der Waals surface area (Å²) in [4.78, 5) is 11.5. The van der Waals surface area contributed by atoms with Crippen molar-refractivity contribution in [3.63, 3.8) is 0 Å². The van der Waals surface area contributed by atoms with Crippen LogP contribution in [0.5, 0.6) is 0 Å². The summed E-state index contributed by atoms with van der Waals surface area (Å²) in [6.45, 7) is 7.14. The minimum absolute atomic E-state index is 0.297. The zero-order valence-electron chi connectivity index (χ0n) is 8.91. The second kappa shape index (κ2) is 4.75. The standard InChI is InChI=1S/C10H15N3O2/c1-4-5-8(11)9(14)12-10-6(2)7(3)13-15-10/h4,8H,1,5,11H2,2-3H3,(H,12,14). The maximum absolute atomic E-state index is 11.5. The van der Waals surface area contributed by atoms with Gasteiger partial charge in [-0.05, 0) is 20.3 Å². The van der Waals surface area contributed by atoms with Gasteiger partial charge in [0.1, 0.15) is 0 Å². The van der Waals surface area contributed by atoms with Crippen molar-refractivity contribution in [2.24, 2.45) is 5.73 Å². The molecule has 0 radical (unpaired) electrons. The van der Waals surface area contributed by atoms with Crippen molar-refractivity contribution in [3.05, 3.63) is 23.9 Å². The minimum Gasteiger partial charge on any atom is -0.338 e. The van der Waals surface area contributed by atoms with Crippen LogP contribution in [-0.2, 0) is 4.79 Å². The van der Waals surface area contributed by atoms with E-state index >= 15 is 0 Å². The molecule has 15 heavy (non-hydrogen) atoms. The highest BCUT2D eigenvalue weighted by molar-refractivity contribution is 5.94. The number of carbonyl (C=O) groups excluding carboxylic acids is 1. The zero-order chi connectivity index (χ0) is 11.4. The van der Waals surface area contributed by atoms with Crippen LogP contribution in [-0.4, -0.2) is 17.1 Å². The molecule has 0 saturated heterocycles. The Bertz CT molecular complexity index is 371. The summed E-state index contributed by atoms with van der Waals surface area (Å²) in [5.41, 5.74) is 7.15. The van der Waals surface area contributed by atoms with Crippen LogP contribution in [0.15, 0.2) is 17.2 Å². The summed E-state index contributed by atoms with van der Waals surface area (Å²) in [6, 6.07) is -0.604. The topological polar surface area (TPSA) is 81.2 Å². The van der Waals surface area contributed by atoms with Gasteiger partial charge in [0.05, 0.1) is 11.7 Å². The summed E-state index contributed by atoms with van der Waals surface area (Å²) in [5.74, 6) is 0.0613. The zero-order valence-corrected chi connectivity index (χ0v) is 8.91. The molecule has 0 bridgehead atoms. The van der Waals surface area contributed by atoms with Crippen LogP contribution < -0.4 is 11.1 Å². The van der Waals surface area contributed by atoms with Crippen molar-refractivity contribution in [2.75, 3.05) is 5.32 Å². The largest absolute Gasteiger partial charge is 0.338 e. The first-order chi connectivity index (χ1) is 7.06. The number of anilines is 1. The average molecular weight is 209 g/mol. The summed E-state index contributed by atoms with van der Waals surface area (Å²) in [6.07, 6.45) is 2.03. The second-order valence-corrected chi connectivity index (χ2v) is 3.34. The first kappa shape index (κ1) is 11.5. The summed E-state index contributed by atoms with van der Waals surface area (Å²) in [7, 11) is 0. The molecule has 3 N–H and O–H groups in total. The van der Waals surface area contributed by atoms with E-state index in [4.69, 9.17) is 10.3 Å². The fraction of sp³-hybridized carbons (Fsp3) is 0.400. The molecule has 82 valence electrons. The van der Waals surface area contributed by atoms with E-state index in [-0.39, 0.29) is 5.91 Å². The second-order valence-electron chi connectivity index (χ2n) is 3.34. The highest BCUT2D eigenvalue weighted by Gasteiger charge is 2.16. The van der Waals surface area contributed by atoms with Crippen molar-refractivity contribution >= 4 is 11.8 Å². The molecule has 1 atom stereocenters. The Kier molecular flexibility index (Phi) is 3.62. The lowest BCUT2D eigenvalue weighted by Gasteiger charge is -2.07. The van der Waals surface area contributed by atoms with Crippen molar-refractivity contribution in [2.45, 2.75) is 26.3 Å². The van der Waals surface area contributed by atoms with Crippen molar-refractivity contribution in [1.82, 2.24) is 5.16 Å². The molecule has 0 spiro atoms. The SMILES string of the molecule is C=CCC(N)C(=O)Nc1onc(C)c1C. The predicted molar refractivity (Wildman–Crippen MR) is 57.4 cm³/mol. The minimum atomic E-state index is -0.604. The number of nitrogens with zero attached hydrogens (tertiary/aromatic N) is 1. The average Bonchev–Trinajstić information content (AvgIpc) is 2.50. The van der Waals surface area contributed by atoms with E-state index in [1.807, 2.05) is 6.92 Å². The molecule has 1 heterocycles. The van der Waals surface area contributed by atoms with Crippen LogP contribution >= 0.6 is 0 Å². The van der Waals surface area contributed by atoms with Gasteiger partial charge in [0.25, 0.3) is 0 Å². The summed E-state index contributed by atoms with van der Waals surface area (Å²) < 4.78 is 4.93. The number of hydrogen-bond donors (Lipinski definition) is 2. The number of carbonyl (C=O) groups is 1. The van der Waals surface area contributed by atoms with Crippen LogP contribution in [0.25, 0.3) is 0 Å². The number of hydrogen-bond acceptors (Lipinski definition) is 4. The highest BCUT2D eigenvalue weighted by Crippen LogP contribution is 2.17. The first-order valence-electron chi connectivity index (χ1n) is 4.66. The van der Waals surface area contributed by atoms with E-state index in [2.05, 4.69) is 17.1 Å². The maximum Gasteiger partial charge on any atom is 0.243 e. The number of nitrogens with one attached hydrogen (secondary N) is 1. The molecule has 1 rings (SSSR count). The van der Waals surface area contributed by atoms with Gasteiger partial charge in [-0.25, -0.2) is 0 Å². The number of rotatable bonds is 4. The number of aromatic nitrogens is 1. The molecule has 0 fully saturated rings. The Labute approximate surface area is 88.3 Å². The van der Waals surface area contributed by atoms with Crippen LogP contribution in [0, 0.1) is 13.8 Å². The van der Waals surface area contributed by atoms with E-state index in [0.29, 0.717) is 12.3 Å². The van der Waals surface area contributed by atoms with Crippen molar-refractivity contribution < 1.29 is 9.32 Å². The van der Waals surface area contributed by atoms with Crippen LogP contribution in [0.3, 0.4) is 0 Å². The van der Waals surface area contributed by atoms with E-state index < -0.39 is 6.04 Å². The number of nitrogens with two attached hydrogens (primary N) is 1. The van der Waals surface area contributed by atoms with Gasteiger partial charge in [-0.1, -0.05) is 11.2 Å². The fourth-order valence-corrected chi connectivity index (χ4v) is 1.02. The van der Waals surface area contributed by atoms with Gasteiger partial charge >= 0.3 is 0 Å². The maximum atomic E-state index is 11.5. The van der Waals surface area contributed by atoms with Gasteiger partial charge in [-0.15, -0.1) is 6.58 Å². The monoisotopic (exact) mass is 209 g/mol. The molecule has 5 nitrogen and oxygen atoms in total. The fourth-order valence-electron chi connectivity index (χ4n) is 1.02. The summed E-state index contributed by atoms with van der Waals surface area (Å²) >= 11 is 0. The Morgan fingerprint density at radius 2 is 2.40 bits per heavy atom. The third kappa shape index (κ3) is 2.66. The highest BCUT2D eigenvalue weighted by atomic mass is 16.5. The van der Waals surface area contributed by atoms with Crippen molar-refractivity contribution in [1.29, 1.82) is 0 Å². The van der Waals surface area contributed by atoms with Crippen LogP contribution in [0.1, 0.15) is 17.7 Å². The molecule has 1 unspecified atom stereocenters. The molecule has 0 aromatic carbocycles. The van der Waals surface area contributed by atoms with Gasteiger partial charge < -0.3 is 10.3 Å². The third-order valence-electron chi connectivity index (χ3n) is 2.15. The lowest BCUT2D eigenvalue weighted by molar-refractivity contribution is -0.117. The Hall–Kier alpha value is -1.62. The molecule has 0 aliphatic carbocycles. The molecule has 0 saturated carbocycles. The molecule has 1 amide bonds. The van der Waals surface area contributed by atoms with E-state index in [1.165, 1.54) is 0 Å². The van der Waals surface area contributed by atoms with E-state index in [1.54, 1.807) is 13.0 Å². The van der Waals surface area contributed by atoms with Gasteiger partial charge in [0.2, 0.25) is 11.8 Å². The Morgan fingerprint density at radius 3 is 2.87 bits per heavy atom. The molecule has 0 aliphatic heterocycles. The number of amides is 1. The van der Waals surface area contributed by atoms with Crippen molar-refractivity contribution in [3.8, 4) is 0 Å². The Morgan fingerprint density at radius 1 is 1.73 bits per heavy atom. The molecule has 0 aliphatic rings. The summed E-state index contributed by atoms with van der Waals surface area (Å²) in [5, 5.41) is 6.30. The van der Waals surface area contributed by atoms with E-state index in [0.717, 1.165) is 11.3 Å². The molecule has 1 aromatic rings.